The van der Waals surface area contributed by atoms with Gasteiger partial charge in [-0.25, -0.2) is 0 Å². The van der Waals surface area contributed by atoms with Gasteiger partial charge in [0, 0.05) is 29.0 Å². The van der Waals surface area contributed by atoms with E-state index in [2.05, 4.69) is 58.0 Å². The lowest BCUT2D eigenvalue weighted by Gasteiger charge is -2.31. The van der Waals surface area contributed by atoms with Crippen molar-refractivity contribution >= 4 is 11.3 Å². The molecule has 26 heavy (non-hydrogen) atoms. The monoisotopic (exact) mass is 374 g/mol. The topological polar surface area (TPSA) is 49.7 Å². The van der Waals surface area contributed by atoms with Gasteiger partial charge in [0.1, 0.15) is 0 Å². The van der Waals surface area contributed by atoms with Crippen LogP contribution in [0.4, 0.5) is 0 Å². The molecule has 0 radical (unpaired) electrons. The Bertz CT molecular complexity index is 727. The second kappa shape index (κ2) is 7.81. The van der Waals surface area contributed by atoms with Crippen molar-refractivity contribution in [3.05, 3.63) is 56.8 Å². The Morgan fingerprint density at radius 2 is 1.85 bits per heavy atom. The summed E-state index contributed by atoms with van der Waals surface area (Å²) in [6, 6.07) is 11.1. The van der Waals surface area contributed by atoms with Gasteiger partial charge in [0.15, 0.2) is 0 Å². The molecule has 1 aromatic heterocycles. The highest BCUT2D eigenvalue weighted by atomic mass is 32.1. The minimum absolute atomic E-state index is 0.0368. The minimum atomic E-state index is -0.401. The van der Waals surface area contributed by atoms with Gasteiger partial charge in [0.25, 0.3) is 0 Å². The summed E-state index contributed by atoms with van der Waals surface area (Å²) in [5, 5.41) is 19.4. The first kappa shape index (κ1) is 19.6. The molecular formula is C22H30O3S. The molecule has 3 atom stereocenters. The molecule has 1 saturated heterocycles. The molecule has 1 aromatic carbocycles. The molecular weight excluding hydrogens is 344 g/mol. The number of rotatable bonds is 4. The van der Waals surface area contributed by atoms with E-state index in [1.165, 1.54) is 21.6 Å². The van der Waals surface area contributed by atoms with Crippen molar-refractivity contribution in [2.75, 3.05) is 6.61 Å². The fourth-order valence-corrected chi connectivity index (χ4v) is 4.74. The van der Waals surface area contributed by atoms with Crippen molar-refractivity contribution in [2.24, 2.45) is 0 Å². The zero-order chi connectivity index (χ0) is 18.9. The molecule has 0 spiro atoms. The van der Waals surface area contributed by atoms with E-state index < -0.39 is 6.10 Å². The first-order chi connectivity index (χ1) is 12.3. The van der Waals surface area contributed by atoms with Gasteiger partial charge in [-0.1, -0.05) is 45.0 Å². The standard InChI is InChI=1S/C22H30O3S/c1-14-9-21(19-12-17(24)11-18(13-23)25-19)26-20(14)10-15-5-7-16(8-6-15)22(2,3)4/h5-9,17-19,23-24H,10-13H2,1-4H3. The lowest BCUT2D eigenvalue weighted by atomic mass is 9.86. The summed E-state index contributed by atoms with van der Waals surface area (Å²) in [7, 11) is 0. The van der Waals surface area contributed by atoms with Gasteiger partial charge in [-0.15, -0.1) is 11.3 Å². The molecule has 142 valence electrons. The smallest absolute Gasteiger partial charge is 0.0946 e. The van der Waals surface area contributed by atoms with Crippen LogP contribution >= 0.6 is 11.3 Å². The predicted octanol–water partition coefficient (Wildman–Crippen LogP) is 4.52. The van der Waals surface area contributed by atoms with Gasteiger partial charge < -0.3 is 14.9 Å². The van der Waals surface area contributed by atoms with Crippen molar-refractivity contribution in [1.29, 1.82) is 0 Å². The third-order valence-corrected chi connectivity index (χ3v) is 6.45. The Balaban J connectivity index is 1.74. The fourth-order valence-electron chi connectivity index (χ4n) is 3.48. The van der Waals surface area contributed by atoms with Crippen LogP contribution in [0.15, 0.2) is 30.3 Å². The number of ether oxygens (including phenoxy) is 1. The number of hydrogen-bond acceptors (Lipinski definition) is 4. The number of hydrogen-bond donors (Lipinski definition) is 2. The van der Waals surface area contributed by atoms with E-state index in [-0.39, 0.29) is 24.2 Å². The minimum Gasteiger partial charge on any atom is -0.394 e. The first-order valence-electron chi connectivity index (χ1n) is 9.39. The third-order valence-electron chi connectivity index (χ3n) is 5.12. The van der Waals surface area contributed by atoms with Crippen LogP contribution in [0.2, 0.25) is 0 Å². The Morgan fingerprint density at radius 1 is 1.15 bits per heavy atom. The molecule has 1 aliphatic heterocycles. The van der Waals surface area contributed by atoms with Crippen molar-refractivity contribution in [3.8, 4) is 0 Å². The molecule has 3 unspecified atom stereocenters. The van der Waals surface area contributed by atoms with Crippen LogP contribution in [-0.2, 0) is 16.6 Å². The summed E-state index contributed by atoms with van der Waals surface area (Å²) >= 11 is 1.77. The van der Waals surface area contributed by atoms with Crippen LogP contribution in [0, 0.1) is 6.92 Å². The zero-order valence-electron chi connectivity index (χ0n) is 16.2. The molecule has 0 saturated carbocycles. The van der Waals surface area contributed by atoms with Crippen LogP contribution in [0.25, 0.3) is 0 Å². The van der Waals surface area contributed by atoms with Gasteiger partial charge in [0.05, 0.1) is 24.9 Å². The van der Waals surface area contributed by atoms with E-state index in [4.69, 9.17) is 4.74 Å². The molecule has 1 fully saturated rings. The predicted molar refractivity (Wildman–Crippen MR) is 107 cm³/mol. The second-order valence-corrected chi connectivity index (χ2v) is 9.60. The molecule has 2 heterocycles. The average Bonchev–Trinajstić information content (AvgIpc) is 2.95. The van der Waals surface area contributed by atoms with Crippen LogP contribution < -0.4 is 0 Å². The van der Waals surface area contributed by atoms with Gasteiger partial charge in [0.2, 0.25) is 0 Å². The summed E-state index contributed by atoms with van der Waals surface area (Å²) < 4.78 is 5.96. The Labute approximate surface area is 160 Å². The van der Waals surface area contributed by atoms with E-state index >= 15 is 0 Å². The van der Waals surface area contributed by atoms with E-state index in [1.807, 2.05) is 0 Å². The quantitative estimate of drug-likeness (QED) is 0.827. The largest absolute Gasteiger partial charge is 0.394 e. The summed E-state index contributed by atoms with van der Waals surface area (Å²) in [5.41, 5.74) is 4.11. The summed E-state index contributed by atoms with van der Waals surface area (Å²) in [4.78, 5) is 2.49. The van der Waals surface area contributed by atoms with Gasteiger partial charge in [-0.2, -0.15) is 0 Å². The number of aliphatic hydroxyl groups is 2. The van der Waals surface area contributed by atoms with Gasteiger partial charge >= 0.3 is 0 Å². The van der Waals surface area contributed by atoms with Crippen LogP contribution in [0.5, 0.6) is 0 Å². The van der Waals surface area contributed by atoms with Crippen LogP contribution in [-0.4, -0.2) is 29.0 Å². The summed E-state index contributed by atoms with van der Waals surface area (Å²) in [5.74, 6) is 0. The number of aliphatic hydroxyl groups excluding tert-OH is 2. The molecule has 0 bridgehead atoms. The maximum Gasteiger partial charge on any atom is 0.0946 e. The molecule has 2 N–H and O–H groups in total. The van der Waals surface area contributed by atoms with Gasteiger partial charge in [-0.3, -0.25) is 0 Å². The Kier molecular flexibility index (Phi) is 5.88. The molecule has 0 amide bonds. The summed E-state index contributed by atoms with van der Waals surface area (Å²) in [6.45, 7) is 8.80. The molecule has 4 heteroatoms. The highest BCUT2D eigenvalue weighted by Gasteiger charge is 2.30. The van der Waals surface area contributed by atoms with Crippen LogP contribution in [0.1, 0.15) is 66.2 Å². The van der Waals surface area contributed by atoms with E-state index in [0.29, 0.717) is 12.8 Å². The van der Waals surface area contributed by atoms with Crippen molar-refractivity contribution < 1.29 is 14.9 Å². The second-order valence-electron chi connectivity index (χ2n) is 8.43. The average molecular weight is 375 g/mol. The van der Waals surface area contributed by atoms with E-state index in [0.717, 1.165) is 11.3 Å². The van der Waals surface area contributed by atoms with Gasteiger partial charge in [-0.05, 0) is 35.1 Å². The van der Waals surface area contributed by atoms with Crippen molar-refractivity contribution in [2.45, 2.75) is 70.7 Å². The Hall–Kier alpha value is -1.20. The lowest BCUT2D eigenvalue weighted by Crippen LogP contribution is -2.33. The zero-order valence-corrected chi connectivity index (χ0v) is 17.0. The lowest BCUT2D eigenvalue weighted by molar-refractivity contribution is -0.112. The number of benzene rings is 1. The molecule has 0 aliphatic carbocycles. The van der Waals surface area contributed by atoms with E-state index in [9.17, 15) is 10.2 Å². The summed E-state index contributed by atoms with van der Waals surface area (Å²) in [6.07, 6.45) is 1.26. The number of aryl methyl sites for hydroxylation is 1. The van der Waals surface area contributed by atoms with Crippen molar-refractivity contribution in [3.63, 3.8) is 0 Å². The number of thiophene rings is 1. The van der Waals surface area contributed by atoms with Crippen molar-refractivity contribution in [1.82, 2.24) is 0 Å². The maximum absolute atomic E-state index is 10.1. The maximum atomic E-state index is 10.1. The SMILES string of the molecule is Cc1cc(C2CC(O)CC(CO)O2)sc1Cc1ccc(C(C)(C)C)cc1. The third kappa shape index (κ3) is 4.55. The van der Waals surface area contributed by atoms with E-state index in [1.54, 1.807) is 11.3 Å². The molecule has 3 nitrogen and oxygen atoms in total. The molecule has 2 aromatic rings. The highest BCUT2D eigenvalue weighted by Crippen LogP contribution is 2.37. The highest BCUT2D eigenvalue weighted by molar-refractivity contribution is 7.12. The first-order valence-corrected chi connectivity index (χ1v) is 10.2. The molecule has 1 aliphatic rings. The normalized spacial score (nSPS) is 24.0. The molecule has 3 rings (SSSR count). The Morgan fingerprint density at radius 3 is 2.46 bits per heavy atom. The van der Waals surface area contributed by atoms with Crippen LogP contribution in [0.3, 0.4) is 0 Å². The fraction of sp³-hybridized carbons (Fsp3) is 0.545.